The van der Waals surface area contributed by atoms with Crippen LogP contribution in [0.1, 0.15) is 32.4 Å². The van der Waals surface area contributed by atoms with E-state index >= 15 is 0 Å². The van der Waals surface area contributed by atoms with Crippen molar-refractivity contribution in [1.82, 2.24) is 14.5 Å². The Bertz CT molecular complexity index is 1400. The molecular weight excluding hydrogens is 509 g/mol. The third kappa shape index (κ3) is 6.24. The third-order valence-electron chi connectivity index (χ3n) is 6.28. The van der Waals surface area contributed by atoms with E-state index in [4.69, 9.17) is 16.0 Å². The topological polar surface area (TPSA) is 91.2 Å². The Balaban J connectivity index is 2.05. The van der Waals surface area contributed by atoms with Crippen LogP contribution in [0.4, 0.5) is 4.39 Å². The quantitative estimate of drug-likeness (QED) is 0.307. The molecule has 0 saturated carbocycles. The molecule has 0 N–H and O–H groups in total. The maximum Gasteiger partial charge on any atom is 0.251 e. The Morgan fingerprint density at radius 1 is 1.17 bits per heavy atom. The van der Waals surface area contributed by atoms with E-state index in [1.165, 1.54) is 35.0 Å². The number of hydrogen-bond acceptors (Lipinski definition) is 6. The Hall–Kier alpha value is -2.40. The summed E-state index contributed by atoms with van der Waals surface area (Å²) < 4.78 is 45.4. The summed E-state index contributed by atoms with van der Waals surface area (Å²) in [6.07, 6.45) is 3.95. The van der Waals surface area contributed by atoms with Gasteiger partial charge in [0, 0.05) is 30.3 Å². The number of sulfone groups is 1. The van der Waals surface area contributed by atoms with Crippen molar-refractivity contribution in [3.63, 3.8) is 0 Å². The number of halogens is 2. The summed E-state index contributed by atoms with van der Waals surface area (Å²) in [5, 5.41) is -0.406. The summed E-state index contributed by atoms with van der Waals surface area (Å²) in [5.74, 6) is -0.549. The number of rotatable bonds is 7. The van der Waals surface area contributed by atoms with E-state index < -0.39 is 30.0 Å². The first-order chi connectivity index (χ1) is 16.1. The lowest BCUT2D eigenvalue weighted by atomic mass is 10.1. The van der Waals surface area contributed by atoms with Crippen LogP contribution in [0.15, 0.2) is 58.7 Å². The van der Waals surface area contributed by atoms with Crippen molar-refractivity contribution in [2.24, 2.45) is 0 Å². The molecule has 0 amide bonds. The number of hydrogen-bond donors (Lipinski definition) is 0. The van der Waals surface area contributed by atoms with Crippen LogP contribution in [0.25, 0.3) is 11.3 Å². The highest BCUT2D eigenvalue weighted by Crippen LogP contribution is 2.37. The van der Waals surface area contributed by atoms with E-state index in [9.17, 15) is 17.6 Å². The zero-order chi connectivity index (χ0) is 26.2. The first-order valence-electron chi connectivity index (χ1n) is 10.9. The van der Waals surface area contributed by atoms with Gasteiger partial charge in [-0.25, -0.2) is 22.8 Å². The molecule has 188 valence electrons. The normalized spacial score (nSPS) is 13.6. The Morgan fingerprint density at radius 2 is 1.86 bits per heavy atom. The van der Waals surface area contributed by atoms with Gasteiger partial charge in [0.05, 0.1) is 23.4 Å². The third-order valence-corrected chi connectivity index (χ3v) is 11.9. The molecule has 3 aromatic rings. The number of aromatic nitrogens is 3. The van der Waals surface area contributed by atoms with Crippen molar-refractivity contribution in [1.29, 1.82) is 0 Å². The molecule has 0 saturated heterocycles. The SMILES string of the molecule is CC(C)(C)[Si](C)(C)OCC(c1ccc(F)c(Cl)c1)n1ccc(-c2ccnc(S(C)(=O)=O)n2)cc1=O. The summed E-state index contributed by atoms with van der Waals surface area (Å²) in [6.45, 7) is 10.8. The highest BCUT2D eigenvalue weighted by atomic mass is 35.5. The van der Waals surface area contributed by atoms with E-state index in [0.29, 0.717) is 16.8 Å². The molecule has 0 aliphatic heterocycles. The fraction of sp³-hybridized carbons (Fsp3) is 0.375. The average Bonchev–Trinajstić information content (AvgIpc) is 2.75. The van der Waals surface area contributed by atoms with Crippen LogP contribution < -0.4 is 5.56 Å². The number of benzene rings is 1. The van der Waals surface area contributed by atoms with Crippen molar-refractivity contribution in [3.8, 4) is 11.3 Å². The molecule has 0 radical (unpaired) electrons. The molecule has 0 fully saturated rings. The Labute approximate surface area is 211 Å². The average molecular weight is 538 g/mol. The summed E-state index contributed by atoms with van der Waals surface area (Å²) in [5.41, 5.74) is 1.03. The van der Waals surface area contributed by atoms with E-state index in [1.54, 1.807) is 18.3 Å². The van der Waals surface area contributed by atoms with Crippen LogP contribution in [-0.4, -0.2) is 44.1 Å². The zero-order valence-electron chi connectivity index (χ0n) is 20.5. The van der Waals surface area contributed by atoms with Gasteiger partial charge in [-0.2, -0.15) is 0 Å². The molecule has 0 aliphatic rings. The molecular formula is C24H29ClFN3O4SSi. The lowest BCUT2D eigenvalue weighted by Crippen LogP contribution is -2.43. The predicted octanol–water partition coefficient (Wildman–Crippen LogP) is 5.11. The second-order valence-electron chi connectivity index (χ2n) is 9.92. The monoisotopic (exact) mass is 537 g/mol. The molecule has 35 heavy (non-hydrogen) atoms. The highest BCUT2D eigenvalue weighted by Gasteiger charge is 2.38. The van der Waals surface area contributed by atoms with Gasteiger partial charge >= 0.3 is 0 Å². The van der Waals surface area contributed by atoms with Gasteiger partial charge in [-0.15, -0.1) is 0 Å². The fourth-order valence-corrected chi connectivity index (χ4v) is 4.86. The van der Waals surface area contributed by atoms with Crippen molar-refractivity contribution in [2.45, 2.75) is 50.1 Å². The first kappa shape index (κ1) is 27.2. The van der Waals surface area contributed by atoms with Crippen LogP contribution in [-0.2, 0) is 14.3 Å². The lowest BCUT2D eigenvalue weighted by Gasteiger charge is -2.37. The molecule has 0 aliphatic carbocycles. The highest BCUT2D eigenvalue weighted by molar-refractivity contribution is 7.90. The van der Waals surface area contributed by atoms with Gasteiger partial charge in [-0.1, -0.05) is 38.4 Å². The van der Waals surface area contributed by atoms with Gasteiger partial charge in [-0.05, 0) is 48.0 Å². The van der Waals surface area contributed by atoms with E-state index in [0.717, 1.165) is 6.26 Å². The van der Waals surface area contributed by atoms with Gasteiger partial charge in [0.15, 0.2) is 8.32 Å². The second-order valence-corrected chi connectivity index (χ2v) is 17.0. The zero-order valence-corrected chi connectivity index (χ0v) is 23.1. The molecule has 11 heteroatoms. The minimum Gasteiger partial charge on any atom is -0.414 e. The molecule has 1 unspecified atom stereocenters. The largest absolute Gasteiger partial charge is 0.414 e. The first-order valence-corrected chi connectivity index (χ1v) is 16.1. The minimum absolute atomic E-state index is 0.0428. The van der Waals surface area contributed by atoms with Crippen LogP contribution in [0.2, 0.25) is 23.2 Å². The van der Waals surface area contributed by atoms with E-state index in [1.807, 2.05) is 0 Å². The maximum absolute atomic E-state index is 13.9. The summed E-state index contributed by atoms with van der Waals surface area (Å²) >= 11 is 6.05. The van der Waals surface area contributed by atoms with Crippen molar-refractivity contribution >= 4 is 29.8 Å². The van der Waals surface area contributed by atoms with E-state index in [-0.39, 0.29) is 27.4 Å². The predicted molar refractivity (Wildman–Crippen MR) is 138 cm³/mol. The summed E-state index contributed by atoms with van der Waals surface area (Å²) in [4.78, 5) is 21.1. The maximum atomic E-state index is 13.9. The van der Waals surface area contributed by atoms with Gasteiger partial charge in [0.1, 0.15) is 5.82 Å². The number of pyridine rings is 1. The summed E-state index contributed by atoms with van der Waals surface area (Å²) in [6, 6.07) is 8.37. The molecule has 0 bridgehead atoms. The van der Waals surface area contributed by atoms with Crippen LogP contribution >= 0.6 is 11.6 Å². The van der Waals surface area contributed by atoms with Gasteiger partial charge in [-0.3, -0.25) is 4.79 Å². The minimum atomic E-state index is -3.60. The second kappa shape index (κ2) is 9.92. The molecule has 3 rings (SSSR count). The Morgan fingerprint density at radius 3 is 2.43 bits per heavy atom. The molecule has 1 atom stereocenters. The molecule has 2 aromatic heterocycles. The number of nitrogens with zero attached hydrogens (tertiary/aromatic N) is 3. The Kier molecular flexibility index (Phi) is 7.71. The van der Waals surface area contributed by atoms with Crippen molar-refractivity contribution < 1.29 is 17.2 Å². The molecule has 0 spiro atoms. The molecule has 7 nitrogen and oxygen atoms in total. The standard InChI is InChI=1S/C24H29ClFN3O4SSi/c1-24(2,3)35(5,6)33-15-21(17-7-8-19(26)18(25)13-17)29-12-10-16(14-22(29)30)20-9-11-27-23(28-20)34(4,31)32/h7-14,21H,15H2,1-6H3. The van der Waals surface area contributed by atoms with Gasteiger partial charge < -0.3 is 8.99 Å². The van der Waals surface area contributed by atoms with Gasteiger partial charge in [0.2, 0.25) is 15.0 Å². The summed E-state index contributed by atoms with van der Waals surface area (Å²) in [7, 11) is -5.76. The van der Waals surface area contributed by atoms with E-state index in [2.05, 4.69) is 43.8 Å². The van der Waals surface area contributed by atoms with Crippen LogP contribution in [0, 0.1) is 5.82 Å². The van der Waals surface area contributed by atoms with Crippen molar-refractivity contribution in [2.75, 3.05) is 12.9 Å². The van der Waals surface area contributed by atoms with Crippen LogP contribution in [0.3, 0.4) is 0 Å². The fourth-order valence-electron chi connectivity index (χ4n) is 3.15. The molecule has 2 heterocycles. The van der Waals surface area contributed by atoms with Gasteiger partial charge in [0.25, 0.3) is 5.56 Å². The smallest absolute Gasteiger partial charge is 0.251 e. The lowest BCUT2D eigenvalue weighted by molar-refractivity contribution is 0.246. The van der Waals surface area contributed by atoms with Crippen LogP contribution in [0.5, 0.6) is 0 Å². The molecule has 1 aromatic carbocycles. The van der Waals surface area contributed by atoms with Crippen molar-refractivity contribution in [3.05, 3.63) is 75.5 Å².